The number of nitrogens with one attached hydrogen (secondary N) is 1. The molecule has 2 fully saturated rings. The molecule has 0 radical (unpaired) electrons. The van der Waals surface area contributed by atoms with Gasteiger partial charge in [0, 0.05) is 48.8 Å². The Kier molecular flexibility index (Phi) is 4.97. The van der Waals surface area contributed by atoms with Gasteiger partial charge in [-0.25, -0.2) is 14.8 Å². The zero-order valence-corrected chi connectivity index (χ0v) is 17.0. The molecule has 0 spiro atoms. The van der Waals surface area contributed by atoms with Crippen molar-refractivity contribution in [1.29, 1.82) is 0 Å². The Morgan fingerprint density at radius 2 is 2.03 bits per heavy atom. The Morgan fingerprint density at radius 1 is 1.26 bits per heavy atom. The summed E-state index contributed by atoms with van der Waals surface area (Å²) < 4.78 is 49.0. The van der Waals surface area contributed by atoms with Crippen molar-refractivity contribution in [1.82, 2.24) is 19.9 Å². The van der Waals surface area contributed by atoms with Gasteiger partial charge in [-0.05, 0) is 12.1 Å². The van der Waals surface area contributed by atoms with E-state index in [1.165, 1.54) is 5.38 Å². The second-order valence-electron chi connectivity index (χ2n) is 7.33. The molecule has 0 saturated carbocycles. The molecule has 2 saturated heterocycles. The number of anilines is 1. The molecule has 1 amide bonds. The molecule has 0 unspecified atom stereocenters. The van der Waals surface area contributed by atoms with Crippen LogP contribution in [-0.4, -0.2) is 71.4 Å². The first-order chi connectivity index (χ1) is 14.9. The summed E-state index contributed by atoms with van der Waals surface area (Å²) in [5, 5.41) is 1.29. The average molecular weight is 453 g/mol. The Labute approximate surface area is 178 Å². The molecule has 2 aliphatic rings. The molecule has 31 heavy (non-hydrogen) atoms. The molecule has 3 aromatic heterocycles. The number of hydrogen-bond donors (Lipinski definition) is 1. The second kappa shape index (κ2) is 7.68. The van der Waals surface area contributed by atoms with Crippen LogP contribution in [0.4, 0.5) is 23.7 Å². The van der Waals surface area contributed by atoms with E-state index in [1.54, 1.807) is 17.2 Å². The van der Waals surface area contributed by atoms with E-state index in [1.807, 2.05) is 6.07 Å². The van der Waals surface area contributed by atoms with E-state index >= 15 is 0 Å². The molecule has 0 aromatic carbocycles. The molecular weight excluding hydrogens is 435 g/mol. The number of carbonyl (C=O) groups is 1. The van der Waals surface area contributed by atoms with Crippen molar-refractivity contribution in [3.8, 4) is 11.4 Å². The fraction of sp³-hybridized carbons (Fsp3) is 0.421. The number of amides is 1. The van der Waals surface area contributed by atoms with Gasteiger partial charge >= 0.3 is 12.3 Å². The van der Waals surface area contributed by atoms with Crippen LogP contribution in [0.2, 0.25) is 0 Å². The maximum Gasteiger partial charge on any atom is 0.443 e. The van der Waals surface area contributed by atoms with Crippen molar-refractivity contribution in [2.75, 3.05) is 44.3 Å². The molecule has 0 bridgehead atoms. The van der Waals surface area contributed by atoms with Crippen molar-refractivity contribution in [2.24, 2.45) is 0 Å². The molecule has 164 valence electrons. The Bertz CT molecular complexity index is 1100. The molecule has 1 N–H and O–H groups in total. The van der Waals surface area contributed by atoms with Crippen molar-refractivity contribution >= 4 is 34.2 Å². The summed E-state index contributed by atoms with van der Waals surface area (Å²) in [5.41, 5.74) is 2.18. The minimum absolute atomic E-state index is 0.160. The summed E-state index contributed by atoms with van der Waals surface area (Å²) >= 11 is 0.562. The van der Waals surface area contributed by atoms with Gasteiger partial charge in [-0.15, -0.1) is 11.3 Å². The summed E-state index contributed by atoms with van der Waals surface area (Å²) in [5.74, 6) is 0. The second-order valence-corrected chi connectivity index (χ2v) is 8.19. The number of rotatable bonds is 3. The van der Waals surface area contributed by atoms with Gasteiger partial charge in [-0.3, -0.25) is 0 Å². The van der Waals surface area contributed by atoms with Crippen LogP contribution >= 0.6 is 11.3 Å². The third-order valence-corrected chi connectivity index (χ3v) is 6.17. The molecule has 3 aromatic rings. The van der Waals surface area contributed by atoms with Gasteiger partial charge in [0.05, 0.1) is 24.6 Å². The van der Waals surface area contributed by atoms with Gasteiger partial charge in [0.2, 0.25) is 0 Å². The van der Waals surface area contributed by atoms with Gasteiger partial charge in [-0.1, -0.05) is 0 Å². The number of aromatic nitrogens is 3. The van der Waals surface area contributed by atoms with E-state index in [2.05, 4.69) is 19.9 Å². The summed E-state index contributed by atoms with van der Waals surface area (Å²) in [6.45, 7) is 3.11. The zero-order valence-electron chi connectivity index (χ0n) is 16.2. The number of thiazole rings is 1. The van der Waals surface area contributed by atoms with Gasteiger partial charge in [0.25, 0.3) is 0 Å². The van der Waals surface area contributed by atoms with Crippen LogP contribution in [0.1, 0.15) is 5.01 Å². The Morgan fingerprint density at radius 3 is 2.68 bits per heavy atom. The summed E-state index contributed by atoms with van der Waals surface area (Å²) in [7, 11) is 0. The van der Waals surface area contributed by atoms with E-state index in [4.69, 9.17) is 9.47 Å². The van der Waals surface area contributed by atoms with Crippen molar-refractivity contribution in [3.05, 3.63) is 28.7 Å². The number of carbonyl (C=O) groups excluding carboxylic acids is 1. The highest BCUT2D eigenvalue weighted by Gasteiger charge is 2.35. The van der Waals surface area contributed by atoms with Gasteiger partial charge in [-0.2, -0.15) is 13.2 Å². The molecular formula is C19H18F3N5O3S. The number of fused-ring (bicyclic) bond motifs is 1. The molecule has 2 aliphatic heterocycles. The lowest BCUT2D eigenvalue weighted by molar-refractivity contribution is -0.137. The smallest absolute Gasteiger partial charge is 0.441 e. The van der Waals surface area contributed by atoms with Gasteiger partial charge < -0.3 is 24.3 Å². The SMILES string of the molecule is O=C(OC1COC1)N1CCN(c2ccnc3[nH]c(-c4csc(C(F)(F)F)n4)cc23)CC1. The van der Waals surface area contributed by atoms with E-state index in [0.717, 1.165) is 11.1 Å². The summed E-state index contributed by atoms with van der Waals surface area (Å²) in [6.07, 6.45) is -3.31. The number of H-pyrrole nitrogens is 1. The average Bonchev–Trinajstić information content (AvgIpc) is 3.37. The summed E-state index contributed by atoms with van der Waals surface area (Å²) in [6, 6.07) is 3.63. The first kappa shape index (κ1) is 20.1. The number of ether oxygens (including phenoxy) is 2. The summed E-state index contributed by atoms with van der Waals surface area (Å²) in [4.78, 5) is 27.1. The quantitative estimate of drug-likeness (QED) is 0.655. The van der Waals surface area contributed by atoms with Crippen molar-refractivity contribution in [2.45, 2.75) is 12.3 Å². The number of aromatic amines is 1. The fourth-order valence-electron chi connectivity index (χ4n) is 3.58. The third kappa shape index (κ3) is 3.92. The van der Waals surface area contributed by atoms with E-state index in [0.29, 0.717) is 62.1 Å². The minimum atomic E-state index is -4.47. The van der Waals surface area contributed by atoms with Crippen molar-refractivity contribution in [3.63, 3.8) is 0 Å². The zero-order chi connectivity index (χ0) is 21.6. The molecule has 12 heteroatoms. The van der Waals surface area contributed by atoms with Crippen LogP contribution in [0.3, 0.4) is 0 Å². The predicted octanol–water partition coefficient (Wildman–Crippen LogP) is 3.36. The molecule has 5 heterocycles. The van der Waals surface area contributed by atoms with Crippen LogP contribution in [-0.2, 0) is 15.7 Å². The van der Waals surface area contributed by atoms with Crippen molar-refractivity contribution < 1.29 is 27.4 Å². The highest BCUT2D eigenvalue weighted by Crippen LogP contribution is 2.36. The lowest BCUT2D eigenvalue weighted by Crippen LogP contribution is -2.51. The number of nitrogens with zero attached hydrogens (tertiary/aromatic N) is 4. The first-order valence-corrected chi connectivity index (χ1v) is 10.6. The van der Waals surface area contributed by atoms with E-state index in [9.17, 15) is 18.0 Å². The normalized spacial score (nSPS) is 17.8. The van der Waals surface area contributed by atoms with Crippen LogP contribution in [0.15, 0.2) is 23.7 Å². The Hall–Kier alpha value is -2.86. The Balaban J connectivity index is 1.33. The largest absolute Gasteiger partial charge is 0.443 e. The number of hydrogen-bond acceptors (Lipinski definition) is 7. The monoisotopic (exact) mass is 453 g/mol. The number of pyridine rings is 1. The molecule has 0 aliphatic carbocycles. The maximum absolute atomic E-state index is 12.9. The maximum atomic E-state index is 12.9. The topological polar surface area (TPSA) is 83.6 Å². The molecule has 8 nitrogen and oxygen atoms in total. The third-order valence-electron chi connectivity index (χ3n) is 5.29. The lowest BCUT2D eigenvalue weighted by Gasteiger charge is -2.37. The van der Waals surface area contributed by atoms with Crippen LogP contribution < -0.4 is 4.90 Å². The molecule has 5 rings (SSSR count). The predicted molar refractivity (Wildman–Crippen MR) is 107 cm³/mol. The van der Waals surface area contributed by atoms with Crippen LogP contribution in [0, 0.1) is 0 Å². The van der Waals surface area contributed by atoms with E-state index in [-0.39, 0.29) is 17.9 Å². The highest BCUT2D eigenvalue weighted by atomic mass is 32.1. The molecule has 0 atom stereocenters. The van der Waals surface area contributed by atoms with E-state index < -0.39 is 11.2 Å². The first-order valence-electron chi connectivity index (χ1n) is 9.67. The van der Waals surface area contributed by atoms with Crippen LogP contribution in [0.5, 0.6) is 0 Å². The fourth-order valence-corrected chi connectivity index (χ4v) is 4.27. The lowest BCUT2D eigenvalue weighted by atomic mass is 10.2. The van der Waals surface area contributed by atoms with Gasteiger partial charge in [0.15, 0.2) is 11.1 Å². The van der Waals surface area contributed by atoms with Crippen LogP contribution in [0.25, 0.3) is 22.4 Å². The number of alkyl halides is 3. The standard InChI is InChI=1S/C19H18F3N5O3S/c20-19(21,22)17-25-14(10-31-17)13-7-12-15(1-2-23-16(12)24-13)26-3-5-27(6-4-26)18(28)30-11-8-29-9-11/h1-2,7,10-11H,3-6,8-9H2,(H,23,24). The van der Waals surface area contributed by atoms with Gasteiger partial charge in [0.1, 0.15) is 5.65 Å². The highest BCUT2D eigenvalue weighted by molar-refractivity contribution is 7.10. The minimum Gasteiger partial charge on any atom is -0.441 e. The number of piperazine rings is 1. The number of halogens is 3.